The zero-order chi connectivity index (χ0) is 19.4. The third-order valence-electron chi connectivity index (χ3n) is 4.77. The van der Waals surface area contributed by atoms with Gasteiger partial charge >= 0.3 is 0 Å². The van der Waals surface area contributed by atoms with Crippen LogP contribution in [0.25, 0.3) is 0 Å². The molecule has 0 aliphatic heterocycles. The number of aromatic nitrogens is 3. The molecule has 5 heteroatoms. The lowest BCUT2D eigenvalue weighted by Crippen LogP contribution is -2.22. The van der Waals surface area contributed by atoms with Crippen molar-refractivity contribution in [3.8, 4) is 0 Å². The molecule has 142 valence electrons. The van der Waals surface area contributed by atoms with E-state index in [-0.39, 0.29) is 0 Å². The van der Waals surface area contributed by atoms with E-state index in [0.717, 1.165) is 23.7 Å². The number of rotatable bonds is 7. The highest BCUT2D eigenvalue weighted by Gasteiger charge is 2.10. The van der Waals surface area contributed by atoms with Crippen LogP contribution in [0.15, 0.2) is 54.6 Å². The Hall–Kier alpha value is -2.24. The van der Waals surface area contributed by atoms with Crippen molar-refractivity contribution in [3.05, 3.63) is 81.9 Å². The van der Waals surface area contributed by atoms with Crippen LogP contribution in [0, 0.1) is 11.7 Å². The highest BCUT2D eigenvalue weighted by Crippen LogP contribution is 2.15. The first kappa shape index (κ1) is 19.5. The van der Waals surface area contributed by atoms with E-state index >= 15 is 0 Å². The van der Waals surface area contributed by atoms with Gasteiger partial charge in [0.2, 0.25) is 0 Å². The fourth-order valence-electron chi connectivity index (χ4n) is 3.19. The van der Waals surface area contributed by atoms with Crippen LogP contribution in [0.5, 0.6) is 0 Å². The normalized spacial score (nSPS) is 11.5. The monoisotopic (exact) mass is 380 g/mol. The molecule has 2 aromatic carbocycles. The summed E-state index contributed by atoms with van der Waals surface area (Å²) in [5.41, 5.74) is 3.91. The van der Waals surface area contributed by atoms with E-state index in [9.17, 15) is 0 Å². The van der Waals surface area contributed by atoms with E-state index in [0.29, 0.717) is 12.6 Å². The van der Waals surface area contributed by atoms with E-state index in [1.807, 2.05) is 17.7 Å². The molecule has 0 saturated carbocycles. The molecule has 0 aliphatic carbocycles. The van der Waals surface area contributed by atoms with Gasteiger partial charge in [-0.1, -0.05) is 68.4 Å². The van der Waals surface area contributed by atoms with Crippen LogP contribution in [0.3, 0.4) is 0 Å². The zero-order valence-electron chi connectivity index (χ0n) is 16.6. The lowest BCUT2D eigenvalue weighted by molar-refractivity contribution is 0.243. The van der Waals surface area contributed by atoms with Crippen molar-refractivity contribution >= 4 is 12.2 Å². The maximum atomic E-state index is 5.68. The van der Waals surface area contributed by atoms with Crippen molar-refractivity contribution in [2.75, 3.05) is 7.05 Å². The Labute approximate surface area is 167 Å². The Kier molecular flexibility index (Phi) is 6.24. The van der Waals surface area contributed by atoms with Gasteiger partial charge in [-0.15, -0.1) is 0 Å². The number of hydrogen-bond donors (Lipinski definition) is 0. The molecular formula is C22H28N4S. The number of hydrogen-bond acceptors (Lipinski definition) is 3. The molecule has 3 rings (SSSR count). The van der Waals surface area contributed by atoms with Crippen molar-refractivity contribution < 1.29 is 0 Å². The van der Waals surface area contributed by atoms with Crippen LogP contribution >= 0.6 is 12.2 Å². The molecule has 0 N–H and O–H groups in total. The summed E-state index contributed by atoms with van der Waals surface area (Å²) in [6.45, 7) is 8.75. The standard InChI is InChI=1S/C22H28N4S/c1-17(2)21-12-10-20(11-13-21)14-24(4)16-26-22(27)25(18(3)23-26)15-19-8-6-5-7-9-19/h5-13,17H,14-16H2,1-4H3. The van der Waals surface area contributed by atoms with Crippen LogP contribution in [0.1, 0.15) is 42.3 Å². The minimum Gasteiger partial charge on any atom is -0.300 e. The van der Waals surface area contributed by atoms with Crippen LogP contribution in [0.2, 0.25) is 0 Å². The summed E-state index contributed by atoms with van der Waals surface area (Å²) >= 11 is 5.68. The highest BCUT2D eigenvalue weighted by molar-refractivity contribution is 7.71. The fraction of sp³-hybridized carbons (Fsp3) is 0.364. The van der Waals surface area contributed by atoms with E-state index in [1.54, 1.807) is 0 Å². The summed E-state index contributed by atoms with van der Waals surface area (Å²) in [5, 5.41) is 4.66. The quantitative estimate of drug-likeness (QED) is 0.541. The van der Waals surface area contributed by atoms with Crippen molar-refractivity contribution in [1.82, 2.24) is 19.2 Å². The minimum atomic E-state index is 0.562. The number of aryl methyl sites for hydroxylation is 1. The molecule has 0 spiro atoms. The summed E-state index contributed by atoms with van der Waals surface area (Å²) in [7, 11) is 2.10. The predicted molar refractivity (Wildman–Crippen MR) is 113 cm³/mol. The van der Waals surface area contributed by atoms with E-state index in [4.69, 9.17) is 12.2 Å². The second-order valence-corrected chi connectivity index (χ2v) is 7.82. The number of nitrogens with zero attached hydrogens (tertiary/aromatic N) is 4. The Bertz CT molecular complexity index is 923. The molecule has 0 amide bonds. The highest BCUT2D eigenvalue weighted by atomic mass is 32.1. The minimum absolute atomic E-state index is 0.562. The molecule has 0 unspecified atom stereocenters. The van der Waals surface area contributed by atoms with Gasteiger partial charge in [-0.25, -0.2) is 4.68 Å². The van der Waals surface area contributed by atoms with Gasteiger partial charge < -0.3 is 0 Å². The molecule has 0 saturated heterocycles. The van der Waals surface area contributed by atoms with E-state index in [1.165, 1.54) is 16.7 Å². The van der Waals surface area contributed by atoms with Gasteiger partial charge in [0.1, 0.15) is 5.82 Å². The maximum absolute atomic E-state index is 5.68. The SMILES string of the molecule is Cc1nn(CN(C)Cc2ccc(C(C)C)cc2)c(=S)n1Cc1ccccc1. The molecule has 0 aliphatic rings. The van der Waals surface area contributed by atoms with Crippen LogP contribution in [0.4, 0.5) is 0 Å². The van der Waals surface area contributed by atoms with Gasteiger partial charge in [0.15, 0.2) is 4.77 Å². The van der Waals surface area contributed by atoms with Crippen LogP contribution in [-0.4, -0.2) is 26.3 Å². The van der Waals surface area contributed by atoms with Crippen molar-refractivity contribution in [2.24, 2.45) is 0 Å². The average molecular weight is 381 g/mol. The van der Waals surface area contributed by atoms with Gasteiger partial charge in [0.25, 0.3) is 0 Å². The van der Waals surface area contributed by atoms with Crippen molar-refractivity contribution in [1.29, 1.82) is 0 Å². The lowest BCUT2D eigenvalue weighted by atomic mass is 10.0. The van der Waals surface area contributed by atoms with Gasteiger partial charge in [0.05, 0.1) is 13.2 Å². The first-order chi connectivity index (χ1) is 12.9. The Morgan fingerprint density at radius 1 is 1.00 bits per heavy atom. The largest absolute Gasteiger partial charge is 0.300 e. The van der Waals surface area contributed by atoms with Crippen molar-refractivity contribution in [3.63, 3.8) is 0 Å². The molecule has 0 bridgehead atoms. The fourth-order valence-corrected chi connectivity index (χ4v) is 3.48. The first-order valence-electron chi connectivity index (χ1n) is 9.39. The average Bonchev–Trinajstić information content (AvgIpc) is 2.90. The molecule has 0 radical (unpaired) electrons. The first-order valence-corrected chi connectivity index (χ1v) is 9.80. The van der Waals surface area contributed by atoms with E-state index in [2.05, 4.69) is 84.0 Å². The topological polar surface area (TPSA) is 26.0 Å². The maximum Gasteiger partial charge on any atom is 0.199 e. The Morgan fingerprint density at radius 3 is 2.30 bits per heavy atom. The predicted octanol–water partition coefficient (Wildman–Crippen LogP) is 4.98. The second-order valence-electron chi connectivity index (χ2n) is 7.45. The molecule has 1 aromatic heterocycles. The molecule has 27 heavy (non-hydrogen) atoms. The molecule has 4 nitrogen and oxygen atoms in total. The zero-order valence-corrected chi connectivity index (χ0v) is 17.4. The third kappa shape index (κ3) is 4.93. The van der Waals surface area contributed by atoms with Crippen LogP contribution in [-0.2, 0) is 19.8 Å². The summed E-state index contributed by atoms with van der Waals surface area (Å²) in [6.07, 6.45) is 0. The Balaban J connectivity index is 1.68. The third-order valence-corrected chi connectivity index (χ3v) is 5.20. The van der Waals surface area contributed by atoms with Gasteiger partial charge in [-0.3, -0.25) is 9.47 Å². The summed E-state index contributed by atoms with van der Waals surface area (Å²) in [4.78, 5) is 2.24. The second kappa shape index (κ2) is 8.63. The molecule has 0 fully saturated rings. The Morgan fingerprint density at radius 2 is 1.67 bits per heavy atom. The lowest BCUT2D eigenvalue weighted by Gasteiger charge is -2.17. The molecular weight excluding hydrogens is 352 g/mol. The van der Waals surface area contributed by atoms with Crippen LogP contribution < -0.4 is 0 Å². The van der Waals surface area contributed by atoms with E-state index < -0.39 is 0 Å². The molecule has 1 heterocycles. The van der Waals surface area contributed by atoms with Gasteiger partial charge in [-0.05, 0) is 48.8 Å². The molecule has 0 atom stereocenters. The van der Waals surface area contributed by atoms with Gasteiger partial charge in [-0.2, -0.15) is 5.10 Å². The summed E-state index contributed by atoms with van der Waals surface area (Å²) < 4.78 is 4.77. The number of benzene rings is 2. The summed E-state index contributed by atoms with van der Waals surface area (Å²) in [5.74, 6) is 1.50. The molecule has 3 aromatic rings. The smallest absolute Gasteiger partial charge is 0.199 e. The van der Waals surface area contributed by atoms with Gasteiger partial charge in [0, 0.05) is 6.54 Å². The summed E-state index contributed by atoms with van der Waals surface area (Å²) in [6, 6.07) is 19.2. The van der Waals surface area contributed by atoms with Crippen molar-refractivity contribution in [2.45, 2.75) is 46.4 Å².